The Morgan fingerprint density at radius 3 is 2.12 bits per heavy atom. The number of amides is 1. The van der Waals surface area contributed by atoms with Crippen LogP contribution in [0.1, 0.15) is 32.8 Å². The molecule has 0 heterocycles. The number of methoxy groups -OCH3 is 1. The number of hydrogen-bond acceptors (Lipinski definition) is 5. The molecule has 0 fully saturated rings. The predicted octanol–water partition coefficient (Wildman–Crippen LogP) is 4.06. The first kappa shape index (κ1) is 25.8. The summed E-state index contributed by atoms with van der Waals surface area (Å²) in [6, 6.07) is 11.7. The van der Waals surface area contributed by atoms with Crippen molar-refractivity contribution >= 4 is 38.9 Å². The van der Waals surface area contributed by atoms with Gasteiger partial charge in [-0.15, -0.1) is 0 Å². The Balaban J connectivity index is 2.20. The Labute approximate surface area is 196 Å². The summed E-state index contributed by atoms with van der Waals surface area (Å²) >= 11 is 6.20. The van der Waals surface area contributed by atoms with E-state index in [2.05, 4.69) is 24.1 Å². The van der Waals surface area contributed by atoms with Crippen LogP contribution in [0.5, 0.6) is 5.75 Å². The molecule has 2 aromatic rings. The van der Waals surface area contributed by atoms with Crippen molar-refractivity contribution in [1.29, 1.82) is 0 Å². The minimum absolute atomic E-state index is 0.266. The number of benzene rings is 2. The van der Waals surface area contributed by atoms with Gasteiger partial charge in [0.15, 0.2) is 0 Å². The zero-order chi connectivity index (χ0) is 23.9. The third kappa shape index (κ3) is 6.29. The average Bonchev–Trinajstić information content (AvgIpc) is 2.76. The lowest BCUT2D eigenvalue weighted by molar-refractivity contribution is -0.122. The Morgan fingerprint density at radius 1 is 1.06 bits per heavy atom. The van der Waals surface area contributed by atoms with Crippen LogP contribution in [0.15, 0.2) is 42.5 Å². The monoisotopic (exact) mass is 481 g/mol. The third-order valence-corrected chi connectivity index (χ3v) is 6.73. The van der Waals surface area contributed by atoms with Crippen LogP contribution in [0.25, 0.3) is 0 Å². The maximum atomic E-state index is 13.0. The van der Waals surface area contributed by atoms with E-state index in [1.54, 1.807) is 19.1 Å². The molecule has 2 aromatic carbocycles. The smallest absolute Gasteiger partial charge is 0.244 e. The quantitative estimate of drug-likeness (QED) is 0.523. The number of ether oxygens (including phenoxy) is 1. The molecule has 0 aromatic heterocycles. The zero-order valence-corrected chi connectivity index (χ0v) is 20.8. The molecule has 0 saturated heterocycles. The maximum Gasteiger partial charge on any atom is 0.244 e. The summed E-state index contributed by atoms with van der Waals surface area (Å²) in [6.07, 6.45) is 1.37. The van der Waals surface area contributed by atoms with Gasteiger partial charge in [0, 0.05) is 25.3 Å². The number of sulfonamides is 1. The summed E-state index contributed by atoms with van der Waals surface area (Å²) in [5.41, 5.74) is 2.36. The number of anilines is 2. The third-order valence-electron chi connectivity index (χ3n) is 5.25. The minimum atomic E-state index is -3.75. The van der Waals surface area contributed by atoms with Crippen LogP contribution in [0.3, 0.4) is 0 Å². The Morgan fingerprint density at radius 2 is 1.66 bits per heavy atom. The number of hydrogen-bond donors (Lipinski definition) is 1. The first-order chi connectivity index (χ1) is 15.2. The molecule has 9 heteroatoms. The van der Waals surface area contributed by atoms with Gasteiger partial charge in [-0.2, -0.15) is 0 Å². The summed E-state index contributed by atoms with van der Waals surface area (Å²) < 4.78 is 31.5. The second kappa shape index (κ2) is 11.4. The fourth-order valence-electron chi connectivity index (χ4n) is 3.57. The molecule has 32 heavy (non-hydrogen) atoms. The highest BCUT2D eigenvalue weighted by Crippen LogP contribution is 2.31. The summed E-state index contributed by atoms with van der Waals surface area (Å²) in [4.78, 5) is 15.2. The van der Waals surface area contributed by atoms with Crippen LogP contribution in [0.2, 0.25) is 5.02 Å². The van der Waals surface area contributed by atoms with Crippen LogP contribution in [0, 0.1) is 0 Å². The largest absolute Gasteiger partial charge is 0.495 e. The van der Waals surface area contributed by atoms with Crippen LogP contribution in [-0.4, -0.2) is 46.8 Å². The van der Waals surface area contributed by atoms with Gasteiger partial charge >= 0.3 is 0 Å². The molecule has 0 aliphatic heterocycles. The molecule has 0 aliphatic carbocycles. The van der Waals surface area contributed by atoms with Crippen molar-refractivity contribution in [1.82, 2.24) is 5.32 Å². The van der Waals surface area contributed by atoms with Crippen molar-refractivity contribution < 1.29 is 17.9 Å². The first-order valence-corrected chi connectivity index (χ1v) is 12.8. The van der Waals surface area contributed by atoms with Gasteiger partial charge in [0.2, 0.25) is 15.9 Å². The lowest BCUT2D eigenvalue weighted by Gasteiger charge is -2.30. The van der Waals surface area contributed by atoms with Crippen LogP contribution < -0.4 is 19.3 Å². The highest BCUT2D eigenvalue weighted by molar-refractivity contribution is 7.92. The van der Waals surface area contributed by atoms with Gasteiger partial charge in [-0.05, 0) is 56.2 Å². The zero-order valence-electron chi connectivity index (χ0n) is 19.3. The van der Waals surface area contributed by atoms with Gasteiger partial charge in [0.25, 0.3) is 0 Å². The van der Waals surface area contributed by atoms with Gasteiger partial charge in [-0.1, -0.05) is 30.7 Å². The topological polar surface area (TPSA) is 79.0 Å². The molecule has 0 spiro atoms. The molecule has 1 amide bonds. The van der Waals surface area contributed by atoms with E-state index < -0.39 is 16.1 Å². The molecule has 7 nitrogen and oxygen atoms in total. The lowest BCUT2D eigenvalue weighted by atomic mass is 10.1. The number of nitrogens with one attached hydrogen (secondary N) is 1. The van der Waals surface area contributed by atoms with Crippen molar-refractivity contribution in [3.05, 3.63) is 53.1 Å². The average molecular weight is 482 g/mol. The fraction of sp³-hybridized carbons (Fsp3) is 0.435. The van der Waals surface area contributed by atoms with Crippen LogP contribution in [-0.2, 0) is 21.4 Å². The van der Waals surface area contributed by atoms with Crippen molar-refractivity contribution in [2.45, 2.75) is 39.8 Å². The second-order valence-corrected chi connectivity index (χ2v) is 9.62. The van der Waals surface area contributed by atoms with E-state index in [9.17, 15) is 13.2 Å². The molecule has 0 radical (unpaired) electrons. The lowest BCUT2D eigenvalue weighted by Crippen LogP contribution is -2.49. The van der Waals surface area contributed by atoms with E-state index in [1.807, 2.05) is 24.3 Å². The summed E-state index contributed by atoms with van der Waals surface area (Å²) in [5.74, 6) is 0.0483. The summed E-state index contributed by atoms with van der Waals surface area (Å²) in [6.45, 7) is 8.11. The van der Waals surface area contributed by atoms with Gasteiger partial charge in [-0.3, -0.25) is 9.10 Å². The standard InChI is InChI=1S/C23H32ClN3O4S/c1-6-21(27(32(5,29)30)19-13-14-22(31-4)20(24)15-19)23(28)25-16-17-9-11-18(12-10-17)26(7-2)8-3/h9-15,21H,6-8,16H2,1-5H3,(H,25,28). The van der Waals surface area contributed by atoms with Gasteiger partial charge in [-0.25, -0.2) is 8.42 Å². The van der Waals surface area contributed by atoms with E-state index >= 15 is 0 Å². The second-order valence-electron chi connectivity index (χ2n) is 7.36. The van der Waals surface area contributed by atoms with E-state index in [0.29, 0.717) is 24.4 Å². The molecule has 1 atom stereocenters. The molecular weight excluding hydrogens is 450 g/mol. The van der Waals surface area contributed by atoms with Crippen LogP contribution in [0.4, 0.5) is 11.4 Å². The molecule has 0 bridgehead atoms. The van der Waals surface area contributed by atoms with Crippen molar-refractivity contribution in [2.75, 3.05) is 35.7 Å². The van der Waals surface area contributed by atoms with Gasteiger partial charge in [0.1, 0.15) is 11.8 Å². The number of halogens is 1. The molecular formula is C23H32ClN3O4S. The van der Waals surface area contributed by atoms with Crippen LogP contribution >= 0.6 is 11.6 Å². The molecule has 0 aliphatic rings. The van der Waals surface area contributed by atoms with E-state index in [0.717, 1.165) is 34.9 Å². The molecule has 176 valence electrons. The first-order valence-electron chi connectivity index (χ1n) is 10.6. The molecule has 0 saturated carbocycles. The highest BCUT2D eigenvalue weighted by atomic mass is 35.5. The maximum absolute atomic E-state index is 13.0. The fourth-order valence-corrected chi connectivity index (χ4v) is 5.03. The summed E-state index contributed by atoms with van der Waals surface area (Å²) in [5, 5.41) is 3.14. The number of rotatable bonds is 11. The predicted molar refractivity (Wildman–Crippen MR) is 131 cm³/mol. The number of nitrogens with zero attached hydrogens (tertiary/aromatic N) is 2. The Kier molecular flexibility index (Phi) is 9.21. The number of carbonyl (C=O) groups excluding carboxylic acids is 1. The molecule has 1 N–H and O–H groups in total. The minimum Gasteiger partial charge on any atom is -0.495 e. The normalized spacial score (nSPS) is 12.2. The number of carbonyl (C=O) groups is 1. The van der Waals surface area contributed by atoms with Crippen molar-refractivity contribution in [3.8, 4) is 5.75 Å². The summed E-state index contributed by atoms with van der Waals surface area (Å²) in [7, 11) is -2.27. The van der Waals surface area contributed by atoms with Gasteiger partial charge in [0.05, 0.1) is 24.1 Å². The van der Waals surface area contributed by atoms with E-state index in [1.165, 1.54) is 13.2 Å². The molecule has 2 rings (SSSR count). The van der Waals surface area contributed by atoms with E-state index in [4.69, 9.17) is 16.3 Å². The van der Waals surface area contributed by atoms with Crippen molar-refractivity contribution in [2.24, 2.45) is 0 Å². The Bertz CT molecular complexity index is 1010. The van der Waals surface area contributed by atoms with E-state index in [-0.39, 0.29) is 10.9 Å². The van der Waals surface area contributed by atoms with Crippen molar-refractivity contribution in [3.63, 3.8) is 0 Å². The highest BCUT2D eigenvalue weighted by Gasteiger charge is 2.31. The van der Waals surface area contributed by atoms with Gasteiger partial charge < -0.3 is 15.0 Å². The Hall–Kier alpha value is -2.45. The molecule has 1 unspecified atom stereocenters. The SMILES string of the molecule is CCC(C(=O)NCc1ccc(N(CC)CC)cc1)N(c1ccc(OC)c(Cl)c1)S(C)(=O)=O.